The summed E-state index contributed by atoms with van der Waals surface area (Å²) < 4.78 is 10.2. The van der Waals surface area contributed by atoms with E-state index in [4.69, 9.17) is 14.4 Å². The SMILES string of the molecule is O=C(O)CSc1nc(C2CCOCC2)no1. The normalized spacial score (nSPS) is 17.5. The van der Waals surface area contributed by atoms with Crippen LogP contribution in [0.3, 0.4) is 0 Å². The highest BCUT2D eigenvalue weighted by Gasteiger charge is 2.21. The van der Waals surface area contributed by atoms with Gasteiger partial charge in [-0.05, 0) is 12.8 Å². The summed E-state index contributed by atoms with van der Waals surface area (Å²) >= 11 is 1.04. The van der Waals surface area contributed by atoms with Crippen molar-refractivity contribution in [2.24, 2.45) is 0 Å². The molecule has 1 aromatic rings. The molecule has 1 aliphatic rings. The zero-order chi connectivity index (χ0) is 11.4. The molecule has 0 atom stereocenters. The summed E-state index contributed by atoms with van der Waals surface area (Å²) in [5, 5.41) is 12.7. The number of hydrogen-bond acceptors (Lipinski definition) is 6. The van der Waals surface area contributed by atoms with Crippen molar-refractivity contribution in [2.45, 2.75) is 24.0 Å². The highest BCUT2D eigenvalue weighted by Crippen LogP contribution is 2.26. The zero-order valence-electron chi connectivity index (χ0n) is 8.59. The Labute approximate surface area is 96.4 Å². The van der Waals surface area contributed by atoms with E-state index in [1.807, 2.05) is 0 Å². The van der Waals surface area contributed by atoms with Gasteiger partial charge in [-0.2, -0.15) is 4.98 Å². The Hall–Kier alpha value is -1.08. The molecule has 1 N–H and O–H groups in total. The molecule has 0 amide bonds. The van der Waals surface area contributed by atoms with E-state index in [-0.39, 0.29) is 11.7 Å². The lowest BCUT2D eigenvalue weighted by Gasteiger charge is -2.18. The van der Waals surface area contributed by atoms with Crippen LogP contribution < -0.4 is 0 Å². The van der Waals surface area contributed by atoms with Crippen LogP contribution in [0.2, 0.25) is 0 Å². The number of aromatic nitrogens is 2. The van der Waals surface area contributed by atoms with Gasteiger partial charge in [-0.1, -0.05) is 16.9 Å². The Balaban J connectivity index is 1.93. The summed E-state index contributed by atoms with van der Waals surface area (Å²) in [7, 11) is 0. The summed E-state index contributed by atoms with van der Waals surface area (Å²) in [6.45, 7) is 1.44. The van der Waals surface area contributed by atoms with Crippen LogP contribution in [0.25, 0.3) is 0 Å². The second-order valence-corrected chi connectivity index (χ2v) is 4.41. The van der Waals surface area contributed by atoms with Crippen LogP contribution in [0.1, 0.15) is 24.6 Å². The van der Waals surface area contributed by atoms with Crippen molar-refractivity contribution >= 4 is 17.7 Å². The van der Waals surface area contributed by atoms with Crippen LogP contribution in [0.5, 0.6) is 0 Å². The smallest absolute Gasteiger partial charge is 0.314 e. The molecule has 7 heteroatoms. The molecule has 1 fully saturated rings. The fourth-order valence-electron chi connectivity index (χ4n) is 1.52. The summed E-state index contributed by atoms with van der Waals surface area (Å²) in [5.41, 5.74) is 0. The minimum Gasteiger partial charge on any atom is -0.481 e. The van der Waals surface area contributed by atoms with Gasteiger partial charge < -0.3 is 14.4 Å². The Bertz CT molecular complexity index is 362. The second-order valence-electron chi connectivity index (χ2n) is 3.49. The first-order valence-electron chi connectivity index (χ1n) is 5.01. The van der Waals surface area contributed by atoms with Gasteiger partial charge in [0.25, 0.3) is 5.22 Å². The van der Waals surface area contributed by atoms with E-state index < -0.39 is 5.97 Å². The maximum absolute atomic E-state index is 10.4. The van der Waals surface area contributed by atoms with E-state index >= 15 is 0 Å². The van der Waals surface area contributed by atoms with Crippen LogP contribution in [0.15, 0.2) is 9.75 Å². The lowest BCUT2D eigenvalue weighted by Crippen LogP contribution is -2.15. The van der Waals surface area contributed by atoms with E-state index in [1.165, 1.54) is 0 Å². The Morgan fingerprint density at radius 1 is 1.50 bits per heavy atom. The summed E-state index contributed by atoms with van der Waals surface area (Å²) in [5.74, 6) is -0.0150. The van der Waals surface area contributed by atoms with E-state index in [2.05, 4.69) is 10.1 Å². The quantitative estimate of drug-likeness (QED) is 0.795. The summed E-state index contributed by atoms with van der Waals surface area (Å²) in [6.07, 6.45) is 1.78. The molecule has 1 saturated heterocycles. The molecule has 6 nitrogen and oxygen atoms in total. The molecule has 2 rings (SSSR count). The van der Waals surface area contributed by atoms with Crippen molar-refractivity contribution in [1.29, 1.82) is 0 Å². The molecule has 0 radical (unpaired) electrons. The largest absolute Gasteiger partial charge is 0.481 e. The summed E-state index contributed by atoms with van der Waals surface area (Å²) in [4.78, 5) is 14.5. The van der Waals surface area contributed by atoms with E-state index in [1.54, 1.807) is 0 Å². The molecule has 0 unspecified atom stereocenters. The predicted octanol–water partition coefficient (Wildman–Crippen LogP) is 1.14. The lowest BCUT2D eigenvalue weighted by atomic mass is 10.00. The molecule has 0 aromatic carbocycles. The number of hydrogen-bond donors (Lipinski definition) is 1. The number of carbonyl (C=O) groups is 1. The highest BCUT2D eigenvalue weighted by atomic mass is 32.2. The number of rotatable bonds is 4. The molecule has 0 bridgehead atoms. The predicted molar refractivity (Wildman–Crippen MR) is 55.5 cm³/mol. The van der Waals surface area contributed by atoms with Crippen molar-refractivity contribution in [2.75, 3.05) is 19.0 Å². The third-order valence-electron chi connectivity index (χ3n) is 2.33. The molecule has 16 heavy (non-hydrogen) atoms. The van der Waals surface area contributed by atoms with Crippen molar-refractivity contribution in [3.63, 3.8) is 0 Å². The molecule has 0 aliphatic carbocycles. The van der Waals surface area contributed by atoms with Crippen LogP contribution in [0, 0.1) is 0 Å². The summed E-state index contributed by atoms with van der Waals surface area (Å²) in [6, 6.07) is 0. The van der Waals surface area contributed by atoms with Gasteiger partial charge in [0.2, 0.25) is 0 Å². The zero-order valence-corrected chi connectivity index (χ0v) is 9.40. The average Bonchev–Trinajstić information content (AvgIpc) is 2.76. The molecular formula is C9H12N2O4S. The fourth-order valence-corrected chi connectivity index (χ4v) is 2.02. The number of carboxylic acids is 1. The lowest BCUT2D eigenvalue weighted by molar-refractivity contribution is -0.133. The van der Waals surface area contributed by atoms with Crippen LogP contribution in [-0.4, -0.2) is 40.2 Å². The topological polar surface area (TPSA) is 85.5 Å². The minimum atomic E-state index is -0.893. The second kappa shape index (κ2) is 5.31. The van der Waals surface area contributed by atoms with E-state index in [0.29, 0.717) is 11.0 Å². The minimum absolute atomic E-state index is 0.0601. The van der Waals surface area contributed by atoms with Gasteiger partial charge in [0, 0.05) is 19.1 Å². The van der Waals surface area contributed by atoms with Crippen molar-refractivity contribution in [3.05, 3.63) is 5.82 Å². The van der Waals surface area contributed by atoms with Gasteiger partial charge >= 0.3 is 5.97 Å². The van der Waals surface area contributed by atoms with Crippen molar-refractivity contribution in [3.8, 4) is 0 Å². The molecule has 88 valence electrons. The molecule has 2 heterocycles. The first kappa shape index (κ1) is 11.4. The first-order valence-corrected chi connectivity index (χ1v) is 6.00. The number of ether oxygens (including phenoxy) is 1. The third-order valence-corrected chi connectivity index (χ3v) is 3.13. The molecule has 1 aromatic heterocycles. The van der Waals surface area contributed by atoms with E-state index in [9.17, 15) is 4.79 Å². The highest BCUT2D eigenvalue weighted by molar-refractivity contribution is 7.99. The van der Waals surface area contributed by atoms with Gasteiger partial charge in [0.05, 0.1) is 0 Å². The number of thioether (sulfide) groups is 1. The Morgan fingerprint density at radius 3 is 2.94 bits per heavy atom. The fraction of sp³-hybridized carbons (Fsp3) is 0.667. The van der Waals surface area contributed by atoms with Crippen molar-refractivity contribution < 1.29 is 19.2 Å². The van der Waals surface area contributed by atoms with Gasteiger partial charge in [0.1, 0.15) is 5.75 Å². The number of nitrogens with zero attached hydrogens (tertiary/aromatic N) is 2. The third kappa shape index (κ3) is 2.96. The van der Waals surface area contributed by atoms with Gasteiger partial charge in [-0.15, -0.1) is 0 Å². The maximum atomic E-state index is 10.4. The molecule has 0 spiro atoms. The monoisotopic (exact) mass is 244 g/mol. The first-order chi connectivity index (χ1) is 7.75. The van der Waals surface area contributed by atoms with Gasteiger partial charge in [0.15, 0.2) is 5.82 Å². The van der Waals surface area contributed by atoms with Crippen molar-refractivity contribution in [1.82, 2.24) is 10.1 Å². The standard InChI is InChI=1S/C9H12N2O4S/c12-7(13)5-16-9-10-8(11-15-9)6-1-3-14-4-2-6/h6H,1-5H2,(H,12,13). The van der Waals surface area contributed by atoms with Gasteiger partial charge in [-0.3, -0.25) is 4.79 Å². The average molecular weight is 244 g/mol. The maximum Gasteiger partial charge on any atom is 0.314 e. The van der Waals surface area contributed by atoms with Gasteiger partial charge in [-0.25, -0.2) is 0 Å². The van der Waals surface area contributed by atoms with Crippen LogP contribution in [-0.2, 0) is 9.53 Å². The van der Waals surface area contributed by atoms with E-state index in [0.717, 1.165) is 37.8 Å². The van der Waals surface area contributed by atoms with Crippen LogP contribution >= 0.6 is 11.8 Å². The number of carboxylic acid groups (broad SMARTS) is 1. The molecular weight excluding hydrogens is 232 g/mol. The number of aliphatic carboxylic acids is 1. The Morgan fingerprint density at radius 2 is 2.25 bits per heavy atom. The Kier molecular flexibility index (Phi) is 3.79. The molecule has 0 saturated carbocycles. The molecule has 1 aliphatic heterocycles. The van der Waals surface area contributed by atoms with Crippen LogP contribution in [0.4, 0.5) is 0 Å².